The number of rotatable bonds is 5. The van der Waals surface area contributed by atoms with Crippen LogP contribution in [0.5, 0.6) is 5.75 Å². The van der Waals surface area contributed by atoms with Crippen LogP contribution in [0.2, 0.25) is 0 Å². The Kier molecular flexibility index (Phi) is 4.78. The first-order chi connectivity index (χ1) is 8.04. The second kappa shape index (κ2) is 6.10. The lowest BCUT2D eigenvalue weighted by Gasteiger charge is -2.12. The van der Waals surface area contributed by atoms with E-state index in [1.807, 2.05) is 19.0 Å². The average molecular weight is 237 g/mol. The standard InChI is InChI=1S/C12H19N3O2/c1-15(2)7-6-14-12(16)10-8-9(17-3)4-5-11(10)13/h4-5,8H,6-7,13H2,1-3H3,(H,14,16). The molecule has 0 aliphatic carbocycles. The minimum atomic E-state index is -0.178. The van der Waals surface area contributed by atoms with E-state index in [-0.39, 0.29) is 5.91 Å². The first-order valence-corrected chi connectivity index (χ1v) is 5.41. The van der Waals surface area contributed by atoms with Crippen molar-refractivity contribution in [1.82, 2.24) is 10.2 Å². The summed E-state index contributed by atoms with van der Waals surface area (Å²) in [6, 6.07) is 5.03. The van der Waals surface area contributed by atoms with Crippen molar-refractivity contribution in [3.8, 4) is 5.75 Å². The van der Waals surface area contributed by atoms with E-state index in [0.29, 0.717) is 23.5 Å². The number of ether oxygens (including phenoxy) is 1. The van der Waals surface area contributed by atoms with E-state index < -0.39 is 0 Å². The topological polar surface area (TPSA) is 67.6 Å². The Balaban J connectivity index is 2.67. The van der Waals surface area contributed by atoms with Gasteiger partial charge in [0.1, 0.15) is 5.75 Å². The third kappa shape index (κ3) is 3.96. The summed E-state index contributed by atoms with van der Waals surface area (Å²) in [7, 11) is 5.46. The van der Waals surface area contributed by atoms with Crippen LogP contribution in [0.4, 0.5) is 5.69 Å². The van der Waals surface area contributed by atoms with Gasteiger partial charge in [-0.05, 0) is 32.3 Å². The maximum atomic E-state index is 11.8. The minimum Gasteiger partial charge on any atom is -0.497 e. The Hall–Kier alpha value is -1.75. The summed E-state index contributed by atoms with van der Waals surface area (Å²) in [4.78, 5) is 13.8. The average Bonchev–Trinajstić information content (AvgIpc) is 2.29. The molecule has 0 fully saturated rings. The summed E-state index contributed by atoms with van der Waals surface area (Å²) < 4.78 is 5.06. The molecule has 1 amide bonds. The lowest BCUT2D eigenvalue weighted by molar-refractivity contribution is 0.0951. The highest BCUT2D eigenvalue weighted by molar-refractivity contribution is 5.99. The molecule has 1 aromatic rings. The van der Waals surface area contributed by atoms with Crippen LogP contribution in [-0.2, 0) is 0 Å². The van der Waals surface area contributed by atoms with Crippen molar-refractivity contribution in [2.75, 3.05) is 40.0 Å². The molecule has 0 radical (unpaired) electrons. The summed E-state index contributed by atoms with van der Waals surface area (Å²) in [6.07, 6.45) is 0. The summed E-state index contributed by atoms with van der Waals surface area (Å²) in [6.45, 7) is 1.37. The molecule has 0 aromatic heterocycles. The molecule has 0 spiro atoms. The minimum absolute atomic E-state index is 0.178. The molecule has 0 saturated carbocycles. The van der Waals surface area contributed by atoms with E-state index in [1.165, 1.54) is 0 Å². The van der Waals surface area contributed by atoms with Crippen LogP contribution in [0.25, 0.3) is 0 Å². The SMILES string of the molecule is COc1ccc(N)c(C(=O)NCCN(C)C)c1. The van der Waals surface area contributed by atoms with Crippen LogP contribution in [0.3, 0.4) is 0 Å². The highest BCUT2D eigenvalue weighted by Crippen LogP contribution is 2.19. The van der Waals surface area contributed by atoms with Gasteiger partial charge in [-0.3, -0.25) is 4.79 Å². The maximum absolute atomic E-state index is 11.8. The van der Waals surface area contributed by atoms with Gasteiger partial charge >= 0.3 is 0 Å². The number of likely N-dealkylation sites (N-methyl/N-ethyl adjacent to an activating group) is 1. The molecule has 1 rings (SSSR count). The number of carbonyl (C=O) groups is 1. The molecule has 0 atom stereocenters. The first kappa shape index (κ1) is 13.3. The highest BCUT2D eigenvalue weighted by Gasteiger charge is 2.10. The molecule has 0 saturated heterocycles. The number of benzene rings is 1. The monoisotopic (exact) mass is 237 g/mol. The number of carbonyl (C=O) groups excluding carboxylic acids is 1. The van der Waals surface area contributed by atoms with Crippen LogP contribution in [0.15, 0.2) is 18.2 Å². The van der Waals surface area contributed by atoms with Gasteiger partial charge in [-0.2, -0.15) is 0 Å². The van der Waals surface area contributed by atoms with Crippen LogP contribution in [-0.4, -0.2) is 45.1 Å². The van der Waals surface area contributed by atoms with E-state index in [2.05, 4.69) is 5.32 Å². The van der Waals surface area contributed by atoms with Gasteiger partial charge in [0.15, 0.2) is 0 Å². The molecule has 0 heterocycles. The van der Waals surface area contributed by atoms with Crippen LogP contribution < -0.4 is 15.8 Å². The smallest absolute Gasteiger partial charge is 0.253 e. The second-order valence-corrected chi connectivity index (χ2v) is 4.01. The fourth-order valence-corrected chi connectivity index (χ4v) is 1.35. The van der Waals surface area contributed by atoms with Crippen molar-refractivity contribution >= 4 is 11.6 Å². The maximum Gasteiger partial charge on any atom is 0.253 e. The number of nitrogen functional groups attached to an aromatic ring is 1. The Bertz CT molecular complexity index is 391. The van der Waals surface area contributed by atoms with E-state index in [0.717, 1.165) is 6.54 Å². The predicted octanol–water partition coefficient (Wildman–Crippen LogP) is 0.569. The fraction of sp³-hybridized carbons (Fsp3) is 0.417. The molecule has 0 bridgehead atoms. The number of methoxy groups -OCH3 is 1. The van der Waals surface area contributed by atoms with Gasteiger partial charge in [-0.15, -0.1) is 0 Å². The zero-order chi connectivity index (χ0) is 12.8. The largest absolute Gasteiger partial charge is 0.497 e. The van der Waals surface area contributed by atoms with Gasteiger partial charge in [0.25, 0.3) is 5.91 Å². The van der Waals surface area contributed by atoms with Gasteiger partial charge in [-0.1, -0.05) is 0 Å². The number of nitrogens with two attached hydrogens (primary N) is 1. The number of anilines is 1. The van der Waals surface area contributed by atoms with Gasteiger partial charge < -0.3 is 20.7 Å². The molecule has 17 heavy (non-hydrogen) atoms. The van der Waals surface area contributed by atoms with E-state index >= 15 is 0 Å². The highest BCUT2D eigenvalue weighted by atomic mass is 16.5. The Labute approximate surface area is 102 Å². The van der Waals surface area contributed by atoms with Crippen molar-refractivity contribution in [2.24, 2.45) is 0 Å². The Morgan fingerprint density at radius 1 is 1.47 bits per heavy atom. The lowest BCUT2D eigenvalue weighted by atomic mass is 10.1. The Morgan fingerprint density at radius 2 is 2.18 bits per heavy atom. The van der Waals surface area contributed by atoms with Crippen molar-refractivity contribution < 1.29 is 9.53 Å². The molecule has 94 valence electrons. The van der Waals surface area contributed by atoms with E-state index in [4.69, 9.17) is 10.5 Å². The van der Waals surface area contributed by atoms with Crippen LogP contribution in [0, 0.1) is 0 Å². The molecule has 1 aromatic carbocycles. The van der Waals surface area contributed by atoms with E-state index in [9.17, 15) is 4.79 Å². The predicted molar refractivity (Wildman–Crippen MR) is 68.3 cm³/mol. The Morgan fingerprint density at radius 3 is 2.76 bits per heavy atom. The third-order valence-electron chi connectivity index (χ3n) is 2.35. The molecule has 0 unspecified atom stereocenters. The summed E-state index contributed by atoms with van der Waals surface area (Å²) in [5.74, 6) is 0.445. The number of hydrogen-bond acceptors (Lipinski definition) is 4. The summed E-state index contributed by atoms with van der Waals surface area (Å²) in [5.41, 5.74) is 6.65. The zero-order valence-electron chi connectivity index (χ0n) is 10.5. The van der Waals surface area contributed by atoms with Crippen LogP contribution >= 0.6 is 0 Å². The molecule has 3 N–H and O–H groups in total. The first-order valence-electron chi connectivity index (χ1n) is 5.41. The van der Waals surface area contributed by atoms with Gasteiger partial charge in [0.2, 0.25) is 0 Å². The summed E-state index contributed by atoms with van der Waals surface area (Å²) in [5, 5.41) is 2.81. The second-order valence-electron chi connectivity index (χ2n) is 4.01. The van der Waals surface area contributed by atoms with Gasteiger partial charge in [-0.25, -0.2) is 0 Å². The molecular weight excluding hydrogens is 218 g/mol. The number of nitrogens with zero attached hydrogens (tertiary/aromatic N) is 1. The van der Waals surface area contributed by atoms with E-state index in [1.54, 1.807) is 25.3 Å². The molecule has 0 aliphatic heterocycles. The van der Waals surface area contributed by atoms with Gasteiger partial charge in [0.05, 0.1) is 12.7 Å². The molecule has 5 heteroatoms. The molecule has 5 nitrogen and oxygen atoms in total. The van der Waals surface area contributed by atoms with Crippen molar-refractivity contribution in [2.45, 2.75) is 0 Å². The number of hydrogen-bond donors (Lipinski definition) is 2. The molecule has 0 aliphatic rings. The third-order valence-corrected chi connectivity index (χ3v) is 2.35. The van der Waals surface area contributed by atoms with Crippen LogP contribution in [0.1, 0.15) is 10.4 Å². The number of amides is 1. The normalized spacial score (nSPS) is 10.4. The lowest BCUT2D eigenvalue weighted by Crippen LogP contribution is -2.31. The zero-order valence-corrected chi connectivity index (χ0v) is 10.5. The van der Waals surface area contributed by atoms with Crippen molar-refractivity contribution in [1.29, 1.82) is 0 Å². The summed E-state index contributed by atoms with van der Waals surface area (Å²) >= 11 is 0. The number of nitrogens with one attached hydrogen (secondary N) is 1. The fourth-order valence-electron chi connectivity index (χ4n) is 1.35. The van der Waals surface area contributed by atoms with Gasteiger partial charge in [0, 0.05) is 18.8 Å². The van der Waals surface area contributed by atoms with Crippen molar-refractivity contribution in [3.05, 3.63) is 23.8 Å². The quantitative estimate of drug-likeness (QED) is 0.735. The van der Waals surface area contributed by atoms with Crippen molar-refractivity contribution in [3.63, 3.8) is 0 Å². The molecular formula is C12H19N3O2.